The Morgan fingerprint density at radius 3 is 2.62 bits per heavy atom. The van der Waals surface area contributed by atoms with E-state index in [-0.39, 0.29) is 48.7 Å². The van der Waals surface area contributed by atoms with Gasteiger partial charge in [0, 0.05) is 17.7 Å². The van der Waals surface area contributed by atoms with E-state index >= 15 is 0 Å². The molecule has 3 aromatic rings. The lowest BCUT2D eigenvalue weighted by atomic mass is 10.1. The first kappa shape index (κ1) is 24.1. The Labute approximate surface area is 192 Å². The zero-order valence-electron chi connectivity index (χ0n) is 18.2. The number of aliphatic carboxylic acids is 1. The molecule has 6 N–H and O–H groups in total. The van der Waals surface area contributed by atoms with Gasteiger partial charge in [-0.05, 0) is 37.6 Å². The number of fused-ring (bicyclic) bond motifs is 1. The van der Waals surface area contributed by atoms with Crippen LogP contribution in [0.1, 0.15) is 35.8 Å². The number of hydrogen-bond acceptors (Lipinski definition) is 10. The summed E-state index contributed by atoms with van der Waals surface area (Å²) in [6.07, 6.45) is 1.09. The molecule has 2 aromatic heterocycles. The second-order valence-electron chi connectivity index (χ2n) is 7.13. The highest BCUT2D eigenvalue weighted by Crippen LogP contribution is 2.12. The molecule has 2 heterocycles. The highest BCUT2D eigenvalue weighted by molar-refractivity contribution is 5.97. The molecule has 13 nitrogen and oxygen atoms in total. The van der Waals surface area contributed by atoms with Gasteiger partial charge in [-0.1, -0.05) is 0 Å². The van der Waals surface area contributed by atoms with Crippen molar-refractivity contribution in [2.24, 2.45) is 0 Å². The van der Waals surface area contributed by atoms with Gasteiger partial charge in [-0.2, -0.15) is 4.98 Å². The van der Waals surface area contributed by atoms with Crippen molar-refractivity contribution < 1.29 is 24.2 Å². The van der Waals surface area contributed by atoms with E-state index in [0.29, 0.717) is 11.4 Å². The summed E-state index contributed by atoms with van der Waals surface area (Å²) in [5, 5.41) is 14.5. The summed E-state index contributed by atoms with van der Waals surface area (Å²) in [6, 6.07) is 5.31. The topological polar surface area (TPSA) is 202 Å². The van der Waals surface area contributed by atoms with Crippen LogP contribution < -0.4 is 21.9 Å². The zero-order chi connectivity index (χ0) is 24.7. The second kappa shape index (κ2) is 10.8. The first-order valence-electron chi connectivity index (χ1n) is 10.3. The number of nitrogens with two attached hydrogens (primary N) is 1. The minimum atomic E-state index is -1.08. The number of H-pyrrole nitrogens is 1. The molecule has 3 rings (SSSR count). The van der Waals surface area contributed by atoms with E-state index in [4.69, 9.17) is 15.6 Å². The van der Waals surface area contributed by atoms with Crippen LogP contribution >= 0.6 is 0 Å². The molecule has 1 amide bonds. The van der Waals surface area contributed by atoms with Crippen molar-refractivity contribution in [2.75, 3.05) is 17.7 Å². The van der Waals surface area contributed by atoms with Gasteiger partial charge in [0.25, 0.3) is 11.5 Å². The number of amides is 1. The molecule has 0 saturated heterocycles. The number of aromatic nitrogens is 4. The second-order valence-corrected chi connectivity index (χ2v) is 7.13. The van der Waals surface area contributed by atoms with Crippen molar-refractivity contribution >= 4 is 40.6 Å². The molecule has 34 heavy (non-hydrogen) atoms. The summed E-state index contributed by atoms with van der Waals surface area (Å²) in [4.78, 5) is 62.0. The zero-order valence-corrected chi connectivity index (χ0v) is 18.2. The summed E-state index contributed by atoms with van der Waals surface area (Å²) in [7, 11) is 0. The molecular formula is C21H23N7O6. The van der Waals surface area contributed by atoms with Crippen molar-refractivity contribution in [1.82, 2.24) is 25.3 Å². The summed E-state index contributed by atoms with van der Waals surface area (Å²) in [5.74, 6) is -2.36. The smallest absolute Gasteiger partial charge is 0.328 e. The van der Waals surface area contributed by atoms with Gasteiger partial charge >= 0.3 is 11.9 Å². The molecule has 1 atom stereocenters. The number of esters is 1. The predicted octanol–water partition coefficient (Wildman–Crippen LogP) is 0.434. The lowest BCUT2D eigenvalue weighted by Crippen LogP contribution is -2.42. The molecule has 0 spiro atoms. The average Bonchev–Trinajstić information content (AvgIpc) is 2.80. The Hall–Kier alpha value is -4.55. The van der Waals surface area contributed by atoms with E-state index in [9.17, 15) is 19.2 Å². The number of nitrogens with zero attached hydrogens (tertiary/aromatic N) is 3. The minimum Gasteiger partial charge on any atom is -0.481 e. The number of aromatic amines is 1. The lowest BCUT2D eigenvalue weighted by molar-refractivity contribution is -0.146. The van der Waals surface area contributed by atoms with Crippen molar-refractivity contribution in [2.45, 2.75) is 32.4 Å². The van der Waals surface area contributed by atoms with Gasteiger partial charge < -0.3 is 26.2 Å². The summed E-state index contributed by atoms with van der Waals surface area (Å²) in [5.41, 5.74) is 6.64. The van der Waals surface area contributed by atoms with Crippen molar-refractivity contribution in [3.63, 3.8) is 0 Å². The van der Waals surface area contributed by atoms with Gasteiger partial charge in [0.05, 0.1) is 25.0 Å². The quantitative estimate of drug-likeness (QED) is 0.258. The Balaban J connectivity index is 1.63. The van der Waals surface area contributed by atoms with Crippen LogP contribution in [-0.4, -0.2) is 55.5 Å². The molecule has 13 heteroatoms. The fraction of sp³-hybridized carbons (Fsp3) is 0.286. The molecule has 178 valence electrons. The van der Waals surface area contributed by atoms with Gasteiger partial charge in [0.2, 0.25) is 5.95 Å². The van der Waals surface area contributed by atoms with Gasteiger partial charge in [-0.15, -0.1) is 0 Å². The van der Waals surface area contributed by atoms with E-state index < -0.39 is 29.4 Å². The third-order valence-electron chi connectivity index (χ3n) is 4.63. The van der Waals surface area contributed by atoms with E-state index in [1.807, 2.05) is 0 Å². The molecule has 0 unspecified atom stereocenters. The Morgan fingerprint density at radius 2 is 1.94 bits per heavy atom. The molecule has 0 aliphatic heterocycles. The monoisotopic (exact) mass is 469 g/mol. The van der Waals surface area contributed by atoms with Gasteiger partial charge in [-0.25, -0.2) is 14.8 Å². The number of carboxylic acids is 1. The fourth-order valence-electron chi connectivity index (χ4n) is 2.99. The van der Waals surface area contributed by atoms with E-state index in [0.717, 1.165) is 0 Å². The summed E-state index contributed by atoms with van der Waals surface area (Å²) >= 11 is 0. The third kappa shape index (κ3) is 6.25. The molecule has 0 aliphatic carbocycles. The van der Waals surface area contributed by atoms with Crippen LogP contribution in [0, 0.1) is 0 Å². The number of anilines is 2. The van der Waals surface area contributed by atoms with Crippen LogP contribution in [0.2, 0.25) is 0 Å². The van der Waals surface area contributed by atoms with Crippen molar-refractivity contribution in [1.29, 1.82) is 0 Å². The normalized spacial score (nSPS) is 11.6. The molecule has 0 fully saturated rings. The predicted molar refractivity (Wildman–Crippen MR) is 121 cm³/mol. The Kier molecular flexibility index (Phi) is 7.69. The number of carbonyl (C=O) groups excluding carboxylic acids is 2. The molecule has 0 saturated carbocycles. The number of hydrogen-bond donors (Lipinski definition) is 5. The van der Waals surface area contributed by atoms with Crippen LogP contribution in [0.25, 0.3) is 11.2 Å². The van der Waals surface area contributed by atoms with Crippen molar-refractivity contribution in [3.8, 4) is 0 Å². The third-order valence-corrected chi connectivity index (χ3v) is 4.63. The maximum Gasteiger partial charge on any atom is 0.328 e. The molecule has 0 bridgehead atoms. The minimum absolute atomic E-state index is 0.0442. The number of nitrogens with one attached hydrogen (secondary N) is 3. The van der Waals surface area contributed by atoms with Gasteiger partial charge in [0.15, 0.2) is 11.2 Å². The molecular weight excluding hydrogens is 446 g/mol. The fourth-order valence-corrected chi connectivity index (χ4v) is 2.99. The first-order valence-corrected chi connectivity index (χ1v) is 10.3. The summed E-state index contributed by atoms with van der Waals surface area (Å²) in [6.45, 7) is 1.98. The highest BCUT2D eigenvalue weighted by Gasteiger charge is 2.23. The van der Waals surface area contributed by atoms with Gasteiger partial charge in [0.1, 0.15) is 6.04 Å². The largest absolute Gasteiger partial charge is 0.481 e. The highest BCUT2D eigenvalue weighted by atomic mass is 16.5. The molecule has 0 aliphatic rings. The van der Waals surface area contributed by atoms with Gasteiger partial charge in [-0.3, -0.25) is 19.4 Å². The Morgan fingerprint density at radius 1 is 1.21 bits per heavy atom. The van der Waals surface area contributed by atoms with E-state index in [1.54, 1.807) is 31.2 Å². The number of rotatable bonds is 10. The molecule has 0 radical (unpaired) electrons. The number of carbonyl (C=O) groups is 3. The maximum atomic E-state index is 12.5. The van der Waals surface area contributed by atoms with Crippen LogP contribution in [-0.2, 0) is 20.9 Å². The van der Waals surface area contributed by atoms with E-state index in [2.05, 4.69) is 30.6 Å². The van der Waals surface area contributed by atoms with Crippen LogP contribution in [0.5, 0.6) is 0 Å². The number of nitrogen functional groups attached to an aromatic ring is 1. The SMILES string of the molecule is CCOC(=O)[C@H](CCC(=O)O)NC(=O)c1ccc(NCc2cnc3nc(N)[nH]c(=O)c3n2)cc1. The number of benzene rings is 1. The van der Waals surface area contributed by atoms with Crippen LogP contribution in [0.3, 0.4) is 0 Å². The van der Waals surface area contributed by atoms with E-state index in [1.165, 1.54) is 6.20 Å². The van der Waals surface area contributed by atoms with Crippen LogP contribution in [0.15, 0.2) is 35.3 Å². The maximum absolute atomic E-state index is 12.5. The number of ether oxygens (including phenoxy) is 1. The standard InChI is InChI=1S/C21H23N7O6/c1-2-34-20(33)14(7-8-15(29)30)26-18(31)11-3-5-12(6-4-11)23-9-13-10-24-17-16(25-13)19(32)28-21(22)27-17/h3-6,10,14,23H,2,7-9H2,1H3,(H,26,31)(H,29,30)(H3,22,24,27,28,32)/t14-/m0/s1. The van der Waals surface area contributed by atoms with Crippen LogP contribution in [0.4, 0.5) is 11.6 Å². The Bertz CT molecular complexity index is 1260. The average molecular weight is 469 g/mol. The molecule has 1 aromatic carbocycles. The lowest BCUT2D eigenvalue weighted by Gasteiger charge is -2.16. The van der Waals surface area contributed by atoms with Crippen molar-refractivity contribution in [3.05, 3.63) is 52.1 Å². The summed E-state index contributed by atoms with van der Waals surface area (Å²) < 4.78 is 4.91. The number of carboxylic acid groups (broad SMARTS) is 1. The first-order chi connectivity index (χ1) is 16.3.